The van der Waals surface area contributed by atoms with E-state index in [1.807, 2.05) is 0 Å². The first kappa shape index (κ1) is 14.4. The molecular formula is C12H7ClF3NO3. The monoisotopic (exact) mass is 305 g/mol. The molecule has 0 atom stereocenters. The van der Waals surface area contributed by atoms with Crippen LogP contribution in [-0.2, 0) is 11.0 Å². The van der Waals surface area contributed by atoms with Crippen molar-refractivity contribution in [2.24, 2.45) is 0 Å². The summed E-state index contributed by atoms with van der Waals surface area (Å²) in [5, 5.41) is 2.08. The molecule has 0 spiro atoms. The van der Waals surface area contributed by atoms with Crippen molar-refractivity contribution in [3.63, 3.8) is 0 Å². The molecule has 1 N–H and O–H groups in total. The van der Waals surface area contributed by atoms with E-state index in [9.17, 15) is 22.8 Å². The standard InChI is InChI=1S/C12H7ClF3NO3/c13-5-10(18)17-6-1-2-7-8(12(14,15)16)4-11(19)20-9(7)3-6/h1-4H,5H2,(H,17,18). The number of halogens is 4. The molecule has 1 aromatic heterocycles. The molecule has 0 aliphatic heterocycles. The van der Waals surface area contributed by atoms with Gasteiger partial charge in [-0.25, -0.2) is 4.79 Å². The predicted octanol–water partition coefficient (Wildman–Crippen LogP) is 2.99. The second kappa shape index (κ2) is 5.16. The molecule has 0 aliphatic carbocycles. The van der Waals surface area contributed by atoms with Crippen molar-refractivity contribution in [3.8, 4) is 0 Å². The fourth-order valence-electron chi connectivity index (χ4n) is 1.67. The van der Waals surface area contributed by atoms with Gasteiger partial charge in [0.2, 0.25) is 5.91 Å². The van der Waals surface area contributed by atoms with E-state index in [4.69, 9.17) is 16.0 Å². The van der Waals surface area contributed by atoms with Crippen molar-refractivity contribution < 1.29 is 22.4 Å². The lowest BCUT2D eigenvalue weighted by atomic mass is 10.1. The lowest BCUT2D eigenvalue weighted by molar-refractivity contribution is -0.136. The van der Waals surface area contributed by atoms with Gasteiger partial charge in [-0.2, -0.15) is 13.2 Å². The fraction of sp³-hybridized carbons (Fsp3) is 0.167. The van der Waals surface area contributed by atoms with Crippen LogP contribution in [0.25, 0.3) is 11.0 Å². The minimum absolute atomic E-state index is 0.186. The van der Waals surface area contributed by atoms with Crippen LogP contribution in [0.4, 0.5) is 18.9 Å². The van der Waals surface area contributed by atoms with Gasteiger partial charge in [0.05, 0.1) is 5.56 Å². The molecule has 106 valence electrons. The van der Waals surface area contributed by atoms with E-state index in [2.05, 4.69) is 5.32 Å². The van der Waals surface area contributed by atoms with Crippen molar-refractivity contribution in [2.45, 2.75) is 6.18 Å². The fourth-order valence-corrected chi connectivity index (χ4v) is 1.74. The summed E-state index contributed by atoms with van der Waals surface area (Å²) < 4.78 is 43.1. The Morgan fingerprint density at radius 2 is 2.00 bits per heavy atom. The third kappa shape index (κ3) is 2.93. The Kier molecular flexibility index (Phi) is 3.71. The van der Waals surface area contributed by atoms with Crippen LogP contribution >= 0.6 is 11.6 Å². The van der Waals surface area contributed by atoms with Gasteiger partial charge in [0, 0.05) is 23.2 Å². The molecular weight excluding hydrogens is 299 g/mol. The van der Waals surface area contributed by atoms with Crippen LogP contribution in [0.2, 0.25) is 0 Å². The number of carbonyl (C=O) groups is 1. The van der Waals surface area contributed by atoms with Crippen LogP contribution in [-0.4, -0.2) is 11.8 Å². The third-order valence-corrected chi connectivity index (χ3v) is 2.70. The topological polar surface area (TPSA) is 59.3 Å². The molecule has 2 aromatic rings. The minimum atomic E-state index is -4.67. The zero-order valence-electron chi connectivity index (χ0n) is 9.75. The van der Waals surface area contributed by atoms with Crippen LogP contribution in [0.3, 0.4) is 0 Å². The molecule has 1 amide bonds. The second-order valence-corrected chi connectivity index (χ2v) is 4.14. The van der Waals surface area contributed by atoms with Gasteiger partial charge in [-0.15, -0.1) is 11.6 Å². The van der Waals surface area contributed by atoms with Crippen molar-refractivity contribution in [3.05, 3.63) is 40.2 Å². The highest BCUT2D eigenvalue weighted by molar-refractivity contribution is 6.29. The number of rotatable bonds is 2. The molecule has 4 nitrogen and oxygen atoms in total. The summed E-state index contributed by atoms with van der Waals surface area (Å²) in [5.74, 6) is -0.828. The lowest BCUT2D eigenvalue weighted by Crippen LogP contribution is -2.13. The number of fused-ring (bicyclic) bond motifs is 1. The summed E-state index contributed by atoms with van der Waals surface area (Å²) in [6.45, 7) is 0. The summed E-state index contributed by atoms with van der Waals surface area (Å²) in [6.07, 6.45) is -4.67. The highest BCUT2D eigenvalue weighted by Crippen LogP contribution is 2.34. The number of hydrogen-bond donors (Lipinski definition) is 1. The molecule has 0 saturated heterocycles. The van der Waals surface area contributed by atoms with E-state index >= 15 is 0 Å². The van der Waals surface area contributed by atoms with Crippen molar-refractivity contribution in [1.82, 2.24) is 0 Å². The largest absolute Gasteiger partial charge is 0.423 e. The predicted molar refractivity (Wildman–Crippen MR) is 66.8 cm³/mol. The molecule has 8 heteroatoms. The molecule has 0 bridgehead atoms. The van der Waals surface area contributed by atoms with Crippen LogP contribution in [0.1, 0.15) is 5.56 Å². The Balaban J connectivity index is 2.59. The van der Waals surface area contributed by atoms with Gasteiger partial charge in [-0.05, 0) is 12.1 Å². The average Bonchev–Trinajstić information content (AvgIpc) is 2.36. The number of amides is 1. The van der Waals surface area contributed by atoms with Crippen LogP contribution in [0.5, 0.6) is 0 Å². The average molecular weight is 306 g/mol. The second-order valence-electron chi connectivity index (χ2n) is 3.87. The summed E-state index contributed by atoms with van der Waals surface area (Å²) in [6, 6.07) is 3.91. The van der Waals surface area contributed by atoms with E-state index in [1.165, 1.54) is 6.07 Å². The normalized spacial score (nSPS) is 11.6. The van der Waals surface area contributed by atoms with Crippen LogP contribution < -0.4 is 10.9 Å². The molecule has 2 rings (SSSR count). The maximum absolute atomic E-state index is 12.8. The van der Waals surface area contributed by atoms with E-state index in [0.717, 1.165) is 12.1 Å². The molecule has 1 heterocycles. The zero-order valence-corrected chi connectivity index (χ0v) is 10.5. The summed E-state index contributed by atoms with van der Waals surface area (Å²) in [7, 11) is 0. The zero-order chi connectivity index (χ0) is 14.9. The molecule has 1 aromatic carbocycles. The highest BCUT2D eigenvalue weighted by Gasteiger charge is 2.33. The number of anilines is 1. The van der Waals surface area contributed by atoms with Gasteiger partial charge >= 0.3 is 11.8 Å². The maximum Gasteiger partial charge on any atom is 0.417 e. The number of nitrogens with one attached hydrogen (secondary N) is 1. The Bertz CT molecular complexity index is 724. The number of benzene rings is 1. The van der Waals surface area contributed by atoms with Gasteiger partial charge in [0.1, 0.15) is 11.5 Å². The Labute approximate surface area is 115 Å². The lowest BCUT2D eigenvalue weighted by Gasteiger charge is -2.10. The van der Waals surface area contributed by atoms with Gasteiger partial charge in [-0.1, -0.05) is 0 Å². The van der Waals surface area contributed by atoms with E-state index < -0.39 is 23.3 Å². The number of carbonyl (C=O) groups excluding carboxylic acids is 1. The highest BCUT2D eigenvalue weighted by atomic mass is 35.5. The number of alkyl halides is 4. The molecule has 0 radical (unpaired) electrons. The quantitative estimate of drug-likeness (QED) is 0.685. The SMILES string of the molecule is O=C(CCl)Nc1ccc2c(C(F)(F)F)cc(=O)oc2c1. The van der Waals surface area contributed by atoms with Gasteiger partial charge in [-0.3, -0.25) is 4.79 Å². The van der Waals surface area contributed by atoms with Crippen molar-refractivity contribution in [1.29, 1.82) is 0 Å². The Morgan fingerprint density at radius 1 is 1.30 bits per heavy atom. The summed E-state index contributed by atoms with van der Waals surface area (Å²) in [4.78, 5) is 22.3. The van der Waals surface area contributed by atoms with Gasteiger partial charge in [0.25, 0.3) is 0 Å². The summed E-state index contributed by atoms with van der Waals surface area (Å²) in [5.41, 5.74) is -2.28. The van der Waals surface area contributed by atoms with E-state index in [1.54, 1.807) is 0 Å². The summed E-state index contributed by atoms with van der Waals surface area (Å²) >= 11 is 5.30. The van der Waals surface area contributed by atoms with Gasteiger partial charge < -0.3 is 9.73 Å². The van der Waals surface area contributed by atoms with Gasteiger partial charge in [0.15, 0.2) is 0 Å². The first-order chi connectivity index (χ1) is 9.31. The third-order valence-electron chi connectivity index (χ3n) is 2.46. The molecule has 20 heavy (non-hydrogen) atoms. The first-order valence-electron chi connectivity index (χ1n) is 5.32. The molecule has 0 unspecified atom stereocenters. The Hall–Kier alpha value is -2.02. The first-order valence-corrected chi connectivity index (χ1v) is 5.85. The molecule has 0 saturated carbocycles. The van der Waals surface area contributed by atoms with E-state index in [-0.39, 0.29) is 22.5 Å². The maximum atomic E-state index is 12.8. The van der Waals surface area contributed by atoms with Crippen molar-refractivity contribution in [2.75, 3.05) is 11.2 Å². The van der Waals surface area contributed by atoms with Crippen molar-refractivity contribution >= 4 is 34.2 Å². The molecule has 0 aliphatic rings. The Morgan fingerprint density at radius 3 is 2.60 bits per heavy atom. The van der Waals surface area contributed by atoms with Crippen LogP contribution in [0, 0.1) is 0 Å². The number of hydrogen-bond acceptors (Lipinski definition) is 3. The van der Waals surface area contributed by atoms with Crippen LogP contribution in [0.15, 0.2) is 33.5 Å². The smallest absolute Gasteiger partial charge is 0.417 e. The minimum Gasteiger partial charge on any atom is -0.423 e. The van der Waals surface area contributed by atoms with E-state index in [0.29, 0.717) is 6.07 Å². The molecule has 0 fully saturated rings.